The first-order valence-corrected chi connectivity index (χ1v) is 6.51. The van der Waals surface area contributed by atoms with E-state index in [1.54, 1.807) is 0 Å². The number of H-pyrrole nitrogens is 1. The van der Waals surface area contributed by atoms with E-state index in [9.17, 15) is 0 Å². The van der Waals surface area contributed by atoms with Crippen LogP contribution in [0.3, 0.4) is 0 Å². The van der Waals surface area contributed by atoms with Crippen LogP contribution in [0.2, 0.25) is 0 Å². The maximum absolute atomic E-state index is 4.60. The monoisotopic (exact) mass is 251 g/mol. The Bertz CT molecular complexity index is 635. The zero-order chi connectivity index (χ0) is 13.1. The lowest BCUT2D eigenvalue weighted by Crippen LogP contribution is -2.04. The van der Waals surface area contributed by atoms with Crippen LogP contribution in [0.25, 0.3) is 11.0 Å². The number of hydrogen-bond acceptors (Lipinski definition) is 2. The van der Waals surface area contributed by atoms with E-state index in [4.69, 9.17) is 0 Å². The van der Waals surface area contributed by atoms with Crippen LogP contribution in [0, 0.1) is 0 Å². The molecule has 1 heterocycles. The number of para-hydroxylation sites is 2. The Morgan fingerprint density at radius 3 is 2.47 bits per heavy atom. The van der Waals surface area contributed by atoms with Crippen molar-refractivity contribution in [3.63, 3.8) is 0 Å². The molecule has 0 amide bonds. The second-order valence-electron chi connectivity index (χ2n) is 4.72. The summed E-state index contributed by atoms with van der Waals surface area (Å²) in [6, 6.07) is 16.8. The van der Waals surface area contributed by atoms with Gasteiger partial charge in [0.2, 0.25) is 0 Å². The number of benzene rings is 2. The highest BCUT2D eigenvalue weighted by Crippen LogP contribution is 2.14. The van der Waals surface area contributed by atoms with E-state index >= 15 is 0 Å². The van der Waals surface area contributed by atoms with Gasteiger partial charge < -0.3 is 10.3 Å². The molecule has 19 heavy (non-hydrogen) atoms. The predicted octanol–water partition coefficient (Wildman–Crippen LogP) is 2.87. The highest BCUT2D eigenvalue weighted by Gasteiger charge is 2.03. The average molecular weight is 251 g/mol. The summed E-state index contributed by atoms with van der Waals surface area (Å²) in [7, 11) is 1.96. The molecule has 3 heteroatoms. The predicted molar refractivity (Wildman–Crippen MR) is 78.1 cm³/mol. The van der Waals surface area contributed by atoms with Gasteiger partial charge in [-0.3, -0.25) is 0 Å². The molecule has 3 aromatic rings. The summed E-state index contributed by atoms with van der Waals surface area (Å²) in [5.41, 5.74) is 4.71. The van der Waals surface area contributed by atoms with Gasteiger partial charge in [-0.2, -0.15) is 0 Å². The number of fused-ring (bicyclic) bond motifs is 1. The normalized spacial score (nSPS) is 11.0. The second-order valence-corrected chi connectivity index (χ2v) is 4.72. The van der Waals surface area contributed by atoms with Crippen molar-refractivity contribution < 1.29 is 0 Å². The van der Waals surface area contributed by atoms with Crippen LogP contribution < -0.4 is 5.32 Å². The van der Waals surface area contributed by atoms with Crippen molar-refractivity contribution in [3.8, 4) is 0 Å². The Hall–Kier alpha value is -2.13. The molecule has 96 valence electrons. The fraction of sp³-hybridized carbons (Fsp3) is 0.188. The molecule has 0 radical (unpaired) electrons. The zero-order valence-electron chi connectivity index (χ0n) is 11.0. The lowest BCUT2D eigenvalue weighted by Gasteiger charge is -2.02. The number of aromatic amines is 1. The van der Waals surface area contributed by atoms with Crippen molar-refractivity contribution in [2.24, 2.45) is 0 Å². The standard InChI is InChI=1S/C16H17N3/c1-17-11-13-8-6-12(7-9-13)10-16-18-14-4-2-3-5-15(14)19-16/h2-9,17H,10-11H2,1H3,(H,18,19). The molecule has 2 N–H and O–H groups in total. The van der Waals surface area contributed by atoms with Gasteiger partial charge in [-0.25, -0.2) is 4.98 Å². The molecule has 2 aromatic carbocycles. The molecule has 1 aromatic heterocycles. The van der Waals surface area contributed by atoms with E-state index in [1.165, 1.54) is 11.1 Å². The first-order chi connectivity index (χ1) is 9.35. The van der Waals surface area contributed by atoms with Crippen molar-refractivity contribution in [2.45, 2.75) is 13.0 Å². The maximum atomic E-state index is 4.60. The van der Waals surface area contributed by atoms with Crippen LogP contribution >= 0.6 is 0 Å². The third-order valence-electron chi connectivity index (χ3n) is 3.21. The van der Waals surface area contributed by atoms with Gasteiger partial charge in [-0.15, -0.1) is 0 Å². The Morgan fingerprint density at radius 2 is 1.74 bits per heavy atom. The lowest BCUT2D eigenvalue weighted by atomic mass is 10.1. The molecule has 0 atom stereocenters. The topological polar surface area (TPSA) is 40.7 Å². The third-order valence-corrected chi connectivity index (χ3v) is 3.21. The van der Waals surface area contributed by atoms with Crippen LogP contribution in [0.1, 0.15) is 17.0 Å². The molecule has 0 bridgehead atoms. The van der Waals surface area contributed by atoms with Crippen LogP contribution in [-0.4, -0.2) is 17.0 Å². The maximum Gasteiger partial charge on any atom is 0.111 e. The molecule has 0 saturated carbocycles. The van der Waals surface area contributed by atoms with Crippen molar-refractivity contribution >= 4 is 11.0 Å². The molecule has 0 saturated heterocycles. The van der Waals surface area contributed by atoms with E-state index in [-0.39, 0.29) is 0 Å². The third kappa shape index (κ3) is 2.66. The molecule has 0 spiro atoms. The number of nitrogens with one attached hydrogen (secondary N) is 2. The number of imidazole rings is 1. The van der Waals surface area contributed by atoms with Gasteiger partial charge in [0, 0.05) is 13.0 Å². The van der Waals surface area contributed by atoms with E-state index in [2.05, 4.69) is 45.6 Å². The number of rotatable bonds is 4. The minimum Gasteiger partial charge on any atom is -0.342 e. The van der Waals surface area contributed by atoms with E-state index < -0.39 is 0 Å². The van der Waals surface area contributed by atoms with Crippen LogP contribution in [0.4, 0.5) is 0 Å². The van der Waals surface area contributed by atoms with Gasteiger partial charge in [0.25, 0.3) is 0 Å². The SMILES string of the molecule is CNCc1ccc(Cc2nc3ccccc3[nH]2)cc1. The Morgan fingerprint density at radius 1 is 1.00 bits per heavy atom. The Kier molecular flexibility index (Phi) is 3.29. The fourth-order valence-electron chi connectivity index (χ4n) is 2.26. The van der Waals surface area contributed by atoms with Gasteiger partial charge in [-0.1, -0.05) is 36.4 Å². The summed E-state index contributed by atoms with van der Waals surface area (Å²) in [5.74, 6) is 1.02. The Labute approximate surface area is 112 Å². The van der Waals surface area contributed by atoms with Crippen molar-refractivity contribution in [2.75, 3.05) is 7.05 Å². The summed E-state index contributed by atoms with van der Waals surface area (Å²) >= 11 is 0. The Balaban J connectivity index is 1.80. The van der Waals surface area contributed by atoms with Gasteiger partial charge in [-0.05, 0) is 30.3 Å². The quantitative estimate of drug-likeness (QED) is 0.748. The smallest absolute Gasteiger partial charge is 0.111 e. The zero-order valence-corrected chi connectivity index (χ0v) is 11.0. The van der Waals surface area contributed by atoms with Gasteiger partial charge in [0.05, 0.1) is 11.0 Å². The highest BCUT2D eigenvalue weighted by atomic mass is 14.9. The molecule has 0 aliphatic rings. The molecule has 0 aliphatic carbocycles. The molecule has 0 aliphatic heterocycles. The molecule has 0 fully saturated rings. The molecule has 3 nitrogen and oxygen atoms in total. The summed E-state index contributed by atoms with van der Waals surface area (Å²) < 4.78 is 0. The second kappa shape index (κ2) is 5.24. The lowest BCUT2D eigenvalue weighted by molar-refractivity contribution is 0.817. The minimum absolute atomic E-state index is 0.842. The van der Waals surface area contributed by atoms with Crippen molar-refractivity contribution in [1.82, 2.24) is 15.3 Å². The minimum atomic E-state index is 0.842. The summed E-state index contributed by atoms with van der Waals surface area (Å²) in [4.78, 5) is 7.96. The van der Waals surface area contributed by atoms with Crippen LogP contribution in [-0.2, 0) is 13.0 Å². The first-order valence-electron chi connectivity index (χ1n) is 6.51. The van der Waals surface area contributed by atoms with Gasteiger partial charge >= 0.3 is 0 Å². The summed E-state index contributed by atoms with van der Waals surface area (Å²) in [6.07, 6.45) is 0.842. The van der Waals surface area contributed by atoms with Crippen molar-refractivity contribution in [3.05, 3.63) is 65.5 Å². The fourth-order valence-corrected chi connectivity index (χ4v) is 2.26. The molecule has 3 rings (SSSR count). The number of aromatic nitrogens is 2. The summed E-state index contributed by atoms with van der Waals surface area (Å²) in [6.45, 7) is 0.908. The van der Waals surface area contributed by atoms with Gasteiger partial charge in [0.1, 0.15) is 5.82 Å². The largest absolute Gasteiger partial charge is 0.342 e. The van der Waals surface area contributed by atoms with Crippen LogP contribution in [0.5, 0.6) is 0 Å². The van der Waals surface area contributed by atoms with E-state index in [1.807, 2.05) is 25.2 Å². The number of hydrogen-bond donors (Lipinski definition) is 2. The summed E-state index contributed by atoms with van der Waals surface area (Å²) in [5, 5.41) is 3.15. The highest BCUT2D eigenvalue weighted by molar-refractivity contribution is 5.74. The molecular formula is C16H17N3. The van der Waals surface area contributed by atoms with E-state index in [0.717, 1.165) is 29.8 Å². The molecular weight excluding hydrogens is 234 g/mol. The van der Waals surface area contributed by atoms with Crippen molar-refractivity contribution in [1.29, 1.82) is 0 Å². The average Bonchev–Trinajstić information content (AvgIpc) is 2.83. The van der Waals surface area contributed by atoms with Crippen LogP contribution in [0.15, 0.2) is 48.5 Å². The first kappa shape index (κ1) is 11.9. The molecule has 0 unspecified atom stereocenters. The van der Waals surface area contributed by atoms with Gasteiger partial charge in [0.15, 0.2) is 0 Å². The van der Waals surface area contributed by atoms with E-state index in [0.29, 0.717) is 0 Å². The number of nitrogens with zero attached hydrogens (tertiary/aromatic N) is 1.